The third-order valence-corrected chi connectivity index (χ3v) is 5.67. The number of nitrogens with zero attached hydrogens (tertiary/aromatic N) is 6. The Hall–Kier alpha value is -2.90. The first-order valence-electron chi connectivity index (χ1n) is 8.44. The van der Waals surface area contributed by atoms with Gasteiger partial charge in [0, 0.05) is 31.8 Å². The highest BCUT2D eigenvalue weighted by Crippen LogP contribution is 2.60. The predicted octanol–water partition coefficient (Wildman–Crippen LogP) is 2.07. The Kier molecular flexibility index (Phi) is 2.78. The number of aromatic nitrogens is 5. The van der Waals surface area contributed by atoms with Crippen molar-refractivity contribution in [3.05, 3.63) is 24.8 Å². The summed E-state index contributed by atoms with van der Waals surface area (Å²) in [6.07, 6.45) is 7.06. The number of anilines is 4. The second-order valence-electron chi connectivity index (χ2n) is 7.27. The van der Waals surface area contributed by atoms with E-state index in [2.05, 4.69) is 32.2 Å². The molecule has 0 spiro atoms. The lowest BCUT2D eigenvalue weighted by Crippen LogP contribution is -2.67. The fourth-order valence-corrected chi connectivity index (χ4v) is 4.02. The molecule has 3 heterocycles. The van der Waals surface area contributed by atoms with Crippen molar-refractivity contribution in [3.63, 3.8) is 0 Å². The first kappa shape index (κ1) is 14.4. The van der Waals surface area contributed by atoms with Gasteiger partial charge in [-0.2, -0.15) is 0 Å². The topological polar surface area (TPSA) is 97.8 Å². The van der Waals surface area contributed by atoms with E-state index in [1.165, 1.54) is 25.6 Å². The summed E-state index contributed by atoms with van der Waals surface area (Å²) in [5, 5.41) is 3.32. The predicted molar refractivity (Wildman–Crippen MR) is 96.7 cm³/mol. The molecule has 2 bridgehead atoms. The van der Waals surface area contributed by atoms with Crippen molar-refractivity contribution in [1.29, 1.82) is 0 Å². The molecule has 0 saturated heterocycles. The van der Waals surface area contributed by atoms with Crippen LogP contribution in [0.1, 0.15) is 19.3 Å². The van der Waals surface area contributed by atoms with Crippen LogP contribution < -0.4 is 16.0 Å². The zero-order chi connectivity index (χ0) is 17.2. The average molecular weight is 336 g/mol. The molecule has 0 amide bonds. The molecule has 0 aromatic carbocycles. The fraction of sp³-hybridized carbons (Fsp3) is 0.412. The van der Waals surface area contributed by atoms with Crippen molar-refractivity contribution in [1.82, 2.24) is 24.5 Å². The number of imidazole rings is 1. The Labute approximate surface area is 145 Å². The summed E-state index contributed by atoms with van der Waals surface area (Å²) in [7, 11) is 4.10. The Morgan fingerprint density at radius 2 is 2.04 bits per heavy atom. The van der Waals surface area contributed by atoms with Gasteiger partial charge in [0.25, 0.3) is 0 Å². The second kappa shape index (κ2) is 4.81. The molecule has 3 aliphatic carbocycles. The second-order valence-corrected chi connectivity index (χ2v) is 7.27. The minimum Gasteiger partial charge on any atom is -0.384 e. The lowest BCUT2D eigenvalue weighted by atomic mass is 9.49. The number of pyridine rings is 1. The molecular weight excluding hydrogens is 316 g/mol. The van der Waals surface area contributed by atoms with Crippen LogP contribution in [0.3, 0.4) is 0 Å². The molecule has 0 aliphatic heterocycles. The van der Waals surface area contributed by atoms with Crippen molar-refractivity contribution >= 4 is 34.3 Å². The quantitative estimate of drug-likeness (QED) is 0.752. The summed E-state index contributed by atoms with van der Waals surface area (Å²) in [6, 6.07) is 3.76. The standard InChI is InChI=1S/C17H20N8/c1-24-9-21-15-11(22-13-4-12(18)19-8-20-13)3-14(23-16(15)24)25(2)17-5-10(6-17)7-17/h3-4,8-10H,5-7H2,1-2H3,(H3,18,19,20,22,23). The van der Waals surface area contributed by atoms with Gasteiger partial charge in [0.2, 0.25) is 0 Å². The molecule has 3 saturated carbocycles. The van der Waals surface area contributed by atoms with Crippen molar-refractivity contribution in [2.24, 2.45) is 13.0 Å². The van der Waals surface area contributed by atoms with Crippen molar-refractivity contribution < 1.29 is 0 Å². The molecule has 25 heavy (non-hydrogen) atoms. The number of nitrogens with one attached hydrogen (secondary N) is 1. The summed E-state index contributed by atoms with van der Waals surface area (Å²) >= 11 is 0. The van der Waals surface area contributed by atoms with Gasteiger partial charge in [0.05, 0.1) is 12.0 Å². The van der Waals surface area contributed by atoms with E-state index in [-0.39, 0.29) is 0 Å². The van der Waals surface area contributed by atoms with Crippen LogP contribution in [0, 0.1) is 5.92 Å². The molecule has 8 nitrogen and oxygen atoms in total. The maximum absolute atomic E-state index is 5.76. The van der Waals surface area contributed by atoms with E-state index in [1.54, 1.807) is 12.4 Å². The van der Waals surface area contributed by atoms with E-state index in [0.717, 1.165) is 28.6 Å². The van der Waals surface area contributed by atoms with Gasteiger partial charge in [0.15, 0.2) is 5.65 Å². The van der Waals surface area contributed by atoms with E-state index in [9.17, 15) is 0 Å². The maximum atomic E-state index is 5.76. The van der Waals surface area contributed by atoms with Gasteiger partial charge in [-0.25, -0.2) is 19.9 Å². The number of hydrogen-bond acceptors (Lipinski definition) is 7. The number of aryl methyl sites for hydroxylation is 1. The third-order valence-electron chi connectivity index (χ3n) is 5.67. The highest BCUT2D eigenvalue weighted by molar-refractivity contribution is 5.90. The SMILES string of the molecule is CN(c1cc(Nc2cc(N)ncn2)c2ncn(C)c2n1)C12CC(C1)C2. The largest absolute Gasteiger partial charge is 0.384 e. The Morgan fingerprint density at radius 3 is 2.72 bits per heavy atom. The Morgan fingerprint density at radius 1 is 1.24 bits per heavy atom. The number of nitrogens with two attached hydrogens (primary N) is 1. The zero-order valence-corrected chi connectivity index (χ0v) is 14.3. The van der Waals surface area contributed by atoms with Crippen LogP contribution in [0.5, 0.6) is 0 Å². The molecule has 3 fully saturated rings. The molecule has 128 valence electrons. The average Bonchev–Trinajstić information content (AvgIpc) is 2.86. The van der Waals surface area contributed by atoms with E-state index in [1.807, 2.05) is 17.7 Å². The summed E-state index contributed by atoms with van der Waals surface area (Å²) in [5.74, 6) is 2.95. The Balaban J connectivity index is 1.59. The van der Waals surface area contributed by atoms with E-state index < -0.39 is 0 Å². The van der Waals surface area contributed by atoms with Crippen LogP contribution in [0.15, 0.2) is 24.8 Å². The molecule has 3 N–H and O–H groups in total. The van der Waals surface area contributed by atoms with Crippen LogP contribution in [0.25, 0.3) is 11.2 Å². The third kappa shape index (κ3) is 2.06. The van der Waals surface area contributed by atoms with Crippen LogP contribution in [-0.2, 0) is 7.05 Å². The van der Waals surface area contributed by atoms with Gasteiger partial charge in [-0.1, -0.05) is 0 Å². The molecule has 0 atom stereocenters. The van der Waals surface area contributed by atoms with E-state index in [0.29, 0.717) is 17.2 Å². The highest BCUT2D eigenvalue weighted by atomic mass is 15.3. The van der Waals surface area contributed by atoms with Crippen LogP contribution in [0.4, 0.5) is 23.1 Å². The molecule has 3 aromatic heterocycles. The van der Waals surface area contributed by atoms with Gasteiger partial charge in [0.1, 0.15) is 29.3 Å². The molecule has 8 heteroatoms. The molecular formula is C17H20N8. The summed E-state index contributed by atoms with van der Waals surface area (Å²) in [6.45, 7) is 0. The number of fused-ring (bicyclic) bond motifs is 1. The zero-order valence-electron chi connectivity index (χ0n) is 14.3. The molecule has 0 unspecified atom stereocenters. The lowest BCUT2D eigenvalue weighted by molar-refractivity contribution is -0.0214. The number of nitrogen functional groups attached to an aromatic ring is 1. The molecule has 3 aromatic rings. The fourth-order valence-electron chi connectivity index (χ4n) is 4.02. The van der Waals surface area contributed by atoms with Crippen molar-refractivity contribution in [2.45, 2.75) is 24.8 Å². The molecule has 0 radical (unpaired) electrons. The van der Waals surface area contributed by atoms with E-state index in [4.69, 9.17) is 10.7 Å². The maximum Gasteiger partial charge on any atom is 0.164 e. The molecule has 6 rings (SSSR count). The lowest BCUT2D eigenvalue weighted by Gasteiger charge is -2.66. The first-order chi connectivity index (χ1) is 12.0. The monoisotopic (exact) mass is 336 g/mol. The minimum absolute atomic E-state index is 0.306. The first-order valence-corrected chi connectivity index (χ1v) is 8.44. The van der Waals surface area contributed by atoms with Gasteiger partial charge < -0.3 is 20.5 Å². The van der Waals surface area contributed by atoms with Gasteiger partial charge in [-0.3, -0.25) is 0 Å². The van der Waals surface area contributed by atoms with Crippen LogP contribution in [-0.4, -0.2) is 37.1 Å². The molecule has 3 aliphatic rings. The summed E-state index contributed by atoms with van der Waals surface area (Å²) in [4.78, 5) is 19.8. The van der Waals surface area contributed by atoms with Crippen molar-refractivity contribution in [2.75, 3.05) is 23.0 Å². The number of hydrogen-bond donors (Lipinski definition) is 2. The van der Waals surface area contributed by atoms with E-state index >= 15 is 0 Å². The summed E-state index contributed by atoms with van der Waals surface area (Å²) < 4.78 is 1.94. The number of rotatable bonds is 4. The highest BCUT2D eigenvalue weighted by Gasteiger charge is 2.59. The van der Waals surface area contributed by atoms with Crippen LogP contribution in [0.2, 0.25) is 0 Å². The minimum atomic E-state index is 0.306. The van der Waals surface area contributed by atoms with Gasteiger partial charge in [-0.05, 0) is 25.2 Å². The van der Waals surface area contributed by atoms with Crippen LogP contribution >= 0.6 is 0 Å². The van der Waals surface area contributed by atoms with Gasteiger partial charge in [-0.15, -0.1) is 0 Å². The normalized spacial score (nSPS) is 23.8. The summed E-state index contributed by atoms with van der Waals surface area (Å²) in [5.41, 5.74) is 8.60. The Bertz CT molecular complexity index is 961. The van der Waals surface area contributed by atoms with Gasteiger partial charge >= 0.3 is 0 Å². The van der Waals surface area contributed by atoms with Crippen molar-refractivity contribution in [3.8, 4) is 0 Å². The smallest absolute Gasteiger partial charge is 0.164 e.